The van der Waals surface area contributed by atoms with Crippen molar-refractivity contribution in [2.24, 2.45) is 0 Å². The van der Waals surface area contributed by atoms with Gasteiger partial charge in [0.15, 0.2) is 22.5 Å². The predicted molar refractivity (Wildman–Crippen MR) is 96.6 cm³/mol. The molecular weight excluding hydrogens is 370 g/mol. The molecule has 0 unspecified atom stereocenters. The summed E-state index contributed by atoms with van der Waals surface area (Å²) in [5.41, 5.74) is 2.73. The normalized spacial score (nSPS) is 17.6. The first kappa shape index (κ1) is 16.1. The monoisotopic (exact) mass is 383 g/mol. The molecule has 27 heavy (non-hydrogen) atoms. The fourth-order valence-electron chi connectivity index (χ4n) is 3.55. The lowest BCUT2D eigenvalue weighted by molar-refractivity contribution is -0.116. The average molecular weight is 384 g/mol. The van der Waals surface area contributed by atoms with Crippen molar-refractivity contribution in [3.05, 3.63) is 52.3 Å². The molecule has 0 radical (unpaired) electrons. The van der Waals surface area contributed by atoms with E-state index < -0.39 is 0 Å². The van der Waals surface area contributed by atoms with Gasteiger partial charge in [0.25, 0.3) is 0 Å². The number of nitrogens with zero attached hydrogens (tertiary/aromatic N) is 4. The molecule has 0 saturated carbocycles. The van der Waals surface area contributed by atoms with Crippen molar-refractivity contribution in [1.82, 2.24) is 20.0 Å². The summed E-state index contributed by atoms with van der Waals surface area (Å²) in [5, 5.41) is 15.7. The Morgan fingerprint density at radius 3 is 2.85 bits per heavy atom. The Balaban J connectivity index is 1.63. The van der Waals surface area contributed by atoms with Gasteiger partial charge in [-0.15, -0.1) is 10.2 Å². The van der Waals surface area contributed by atoms with E-state index >= 15 is 0 Å². The lowest BCUT2D eigenvalue weighted by Gasteiger charge is -2.24. The molecule has 0 saturated heterocycles. The van der Waals surface area contributed by atoms with Crippen LogP contribution in [-0.4, -0.2) is 32.7 Å². The molecule has 1 amide bonds. The molecule has 2 aliphatic rings. The zero-order valence-electron chi connectivity index (χ0n) is 14.3. The van der Waals surface area contributed by atoms with E-state index in [1.807, 2.05) is 25.1 Å². The van der Waals surface area contributed by atoms with Gasteiger partial charge < -0.3 is 14.8 Å². The number of nitrogens with one attached hydrogen (secondary N) is 1. The zero-order chi connectivity index (χ0) is 18.5. The molecule has 5 rings (SSSR count). The highest BCUT2D eigenvalue weighted by Crippen LogP contribution is 2.43. The van der Waals surface area contributed by atoms with Crippen LogP contribution in [-0.2, 0) is 4.79 Å². The maximum Gasteiger partial charge on any atom is 0.231 e. The lowest BCUT2D eigenvalue weighted by atomic mass is 9.85. The van der Waals surface area contributed by atoms with Gasteiger partial charge in [-0.25, -0.2) is 0 Å². The molecule has 2 aliphatic heterocycles. The maximum atomic E-state index is 12.4. The summed E-state index contributed by atoms with van der Waals surface area (Å²) in [6.45, 7) is 2.12. The van der Waals surface area contributed by atoms with Gasteiger partial charge in [0.1, 0.15) is 5.82 Å². The number of fused-ring (bicyclic) bond motifs is 2. The number of rotatable bonds is 2. The summed E-state index contributed by atoms with van der Waals surface area (Å²) in [7, 11) is 0. The second-order valence-corrected chi connectivity index (χ2v) is 6.78. The van der Waals surface area contributed by atoms with E-state index in [-0.39, 0.29) is 18.6 Å². The van der Waals surface area contributed by atoms with Crippen LogP contribution in [0.15, 0.2) is 30.3 Å². The largest absolute Gasteiger partial charge is 0.454 e. The van der Waals surface area contributed by atoms with Crippen molar-refractivity contribution < 1.29 is 14.3 Å². The fraction of sp³-hybridized carbons (Fsp3) is 0.222. The van der Waals surface area contributed by atoms with Crippen molar-refractivity contribution in [2.75, 3.05) is 12.1 Å². The first-order valence-electron chi connectivity index (χ1n) is 8.38. The third kappa shape index (κ3) is 2.60. The molecule has 3 aromatic rings. The summed E-state index contributed by atoms with van der Waals surface area (Å²) in [4.78, 5) is 12.4. The number of carbonyl (C=O) groups is 1. The highest BCUT2D eigenvalue weighted by Gasteiger charge is 2.33. The number of halogens is 1. The molecule has 9 heteroatoms. The summed E-state index contributed by atoms with van der Waals surface area (Å²) in [6.07, 6.45) is 0.325. The number of carbonyl (C=O) groups excluding carboxylic acids is 1. The van der Waals surface area contributed by atoms with E-state index in [4.69, 9.17) is 21.1 Å². The Hall–Kier alpha value is -3.13. The first-order chi connectivity index (χ1) is 13.1. The molecule has 0 bridgehead atoms. The minimum absolute atomic E-state index is 0.0896. The van der Waals surface area contributed by atoms with Crippen LogP contribution >= 0.6 is 11.6 Å². The van der Waals surface area contributed by atoms with Crippen LogP contribution in [0.4, 0.5) is 5.82 Å². The van der Waals surface area contributed by atoms with Gasteiger partial charge in [-0.3, -0.25) is 4.79 Å². The predicted octanol–water partition coefficient (Wildman–Crippen LogP) is 2.83. The van der Waals surface area contributed by atoms with Crippen LogP contribution in [0.3, 0.4) is 0 Å². The number of ether oxygens (including phenoxy) is 2. The van der Waals surface area contributed by atoms with Crippen molar-refractivity contribution >= 4 is 23.3 Å². The number of hydrogen-bond acceptors (Lipinski definition) is 6. The smallest absolute Gasteiger partial charge is 0.231 e. The molecule has 1 N–H and O–H groups in total. The lowest BCUT2D eigenvalue weighted by Crippen LogP contribution is -2.25. The van der Waals surface area contributed by atoms with E-state index in [1.54, 1.807) is 16.8 Å². The molecule has 4 heterocycles. The van der Waals surface area contributed by atoms with Crippen molar-refractivity contribution in [3.63, 3.8) is 0 Å². The molecule has 1 aromatic carbocycles. The first-order valence-corrected chi connectivity index (χ1v) is 8.76. The van der Waals surface area contributed by atoms with Gasteiger partial charge in [0, 0.05) is 17.9 Å². The van der Waals surface area contributed by atoms with Crippen molar-refractivity contribution in [2.45, 2.75) is 19.3 Å². The molecule has 0 aliphatic carbocycles. The van der Waals surface area contributed by atoms with Gasteiger partial charge in [0.05, 0.1) is 5.69 Å². The second kappa shape index (κ2) is 5.95. The Kier molecular flexibility index (Phi) is 3.54. The number of amides is 1. The third-order valence-corrected chi connectivity index (χ3v) is 4.94. The number of aryl methyl sites for hydroxylation is 1. The van der Waals surface area contributed by atoms with Crippen LogP contribution < -0.4 is 14.8 Å². The van der Waals surface area contributed by atoms with Gasteiger partial charge in [-0.05, 0) is 36.8 Å². The van der Waals surface area contributed by atoms with E-state index in [0.29, 0.717) is 34.7 Å². The van der Waals surface area contributed by atoms with E-state index in [2.05, 4.69) is 20.6 Å². The van der Waals surface area contributed by atoms with Crippen LogP contribution in [0, 0.1) is 6.92 Å². The second-order valence-electron chi connectivity index (χ2n) is 6.39. The number of anilines is 1. The van der Waals surface area contributed by atoms with Crippen molar-refractivity contribution in [1.29, 1.82) is 0 Å². The van der Waals surface area contributed by atoms with Crippen LogP contribution in [0.25, 0.3) is 5.82 Å². The summed E-state index contributed by atoms with van der Waals surface area (Å²) in [5.74, 6) is 2.25. The number of aromatic nitrogens is 4. The Bertz CT molecular complexity index is 1060. The quantitative estimate of drug-likeness (QED) is 0.731. The minimum atomic E-state index is -0.141. The topological polar surface area (TPSA) is 91.2 Å². The molecular formula is C18H14ClN5O3. The average Bonchev–Trinajstić information content (AvgIpc) is 3.26. The molecule has 0 fully saturated rings. The highest BCUT2D eigenvalue weighted by atomic mass is 35.5. The standard InChI is InChI=1S/C18H14ClN5O3/c1-9-17-11(10-2-3-12-13(6-10)27-8-26-12)7-16(25)20-18(17)24(23-9)15-5-4-14(19)21-22-15/h2-6,11H,7-8H2,1H3,(H,20,25)/t11-/m0/s1. The van der Waals surface area contributed by atoms with E-state index in [1.165, 1.54) is 0 Å². The van der Waals surface area contributed by atoms with Gasteiger partial charge in [-0.1, -0.05) is 17.7 Å². The third-order valence-electron chi connectivity index (χ3n) is 4.74. The summed E-state index contributed by atoms with van der Waals surface area (Å²) in [6, 6.07) is 9.09. The van der Waals surface area contributed by atoms with Crippen LogP contribution in [0.5, 0.6) is 11.5 Å². The Morgan fingerprint density at radius 1 is 1.19 bits per heavy atom. The molecule has 136 valence electrons. The Morgan fingerprint density at radius 2 is 2.04 bits per heavy atom. The van der Waals surface area contributed by atoms with E-state index in [0.717, 1.165) is 16.8 Å². The van der Waals surface area contributed by atoms with Crippen LogP contribution in [0.2, 0.25) is 5.15 Å². The molecule has 8 nitrogen and oxygen atoms in total. The maximum absolute atomic E-state index is 12.4. The Labute approximate surface area is 159 Å². The fourth-order valence-corrected chi connectivity index (χ4v) is 3.65. The zero-order valence-corrected chi connectivity index (χ0v) is 15.0. The highest BCUT2D eigenvalue weighted by molar-refractivity contribution is 6.29. The minimum Gasteiger partial charge on any atom is -0.454 e. The summed E-state index contributed by atoms with van der Waals surface area (Å²) < 4.78 is 12.5. The number of hydrogen-bond donors (Lipinski definition) is 1. The van der Waals surface area contributed by atoms with Gasteiger partial charge in [0.2, 0.25) is 12.7 Å². The molecule has 1 atom stereocenters. The molecule has 2 aromatic heterocycles. The van der Waals surface area contributed by atoms with Crippen LogP contribution in [0.1, 0.15) is 29.2 Å². The SMILES string of the molecule is Cc1nn(-c2ccc(Cl)nn2)c2c1[C@H](c1ccc3c(c1)OCO3)CC(=O)N2. The van der Waals surface area contributed by atoms with Crippen molar-refractivity contribution in [3.8, 4) is 17.3 Å². The number of benzene rings is 1. The van der Waals surface area contributed by atoms with Gasteiger partial charge >= 0.3 is 0 Å². The summed E-state index contributed by atoms with van der Waals surface area (Å²) >= 11 is 5.83. The van der Waals surface area contributed by atoms with Gasteiger partial charge in [-0.2, -0.15) is 9.78 Å². The van der Waals surface area contributed by atoms with E-state index in [9.17, 15) is 4.79 Å². The molecule has 0 spiro atoms.